The van der Waals surface area contributed by atoms with Crippen molar-refractivity contribution in [3.05, 3.63) is 68.1 Å². The lowest BCUT2D eigenvalue weighted by atomic mass is 10.1. The predicted molar refractivity (Wildman–Crippen MR) is 111 cm³/mol. The average Bonchev–Trinajstić information content (AvgIpc) is 2.98. The summed E-state index contributed by atoms with van der Waals surface area (Å²) in [6, 6.07) is 10.6. The molecule has 0 unspecified atom stereocenters. The number of hydrogen-bond donors (Lipinski definition) is 1. The number of nitrogens with one attached hydrogen (secondary N) is 1. The molecule has 28 heavy (non-hydrogen) atoms. The van der Waals surface area contributed by atoms with Crippen molar-refractivity contribution in [2.24, 2.45) is 4.99 Å². The van der Waals surface area contributed by atoms with Gasteiger partial charge in [-0.05, 0) is 56.3 Å². The molecule has 1 fully saturated rings. The summed E-state index contributed by atoms with van der Waals surface area (Å²) in [5.41, 5.74) is 2.60. The fraction of sp³-hybridized carbons (Fsp3) is 0.200. The smallest absolute Gasteiger partial charge is 0.274 e. The van der Waals surface area contributed by atoms with E-state index in [1.54, 1.807) is 26.0 Å². The molecule has 3 rings (SSSR count). The minimum absolute atomic E-state index is 0.00933. The molecule has 144 valence electrons. The van der Waals surface area contributed by atoms with Crippen LogP contribution in [-0.2, 0) is 4.79 Å². The number of aryl methyl sites for hydroxylation is 1. The fourth-order valence-electron chi connectivity index (χ4n) is 2.70. The van der Waals surface area contributed by atoms with Crippen molar-refractivity contribution >= 4 is 40.3 Å². The SMILES string of the molecule is CCOc1ccccc1/C=C1\SC(=Nc2cc(C)c(C)c([N+](=O)[O-])c2)NC1=O. The maximum Gasteiger partial charge on any atom is 0.274 e. The van der Waals surface area contributed by atoms with E-state index in [0.717, 1.165) is 11.1 Å². The lowest BCUT2D eigenvalue weighted by Gasteiger charge is -2.06. The Morgan fingerprint density at radius 2 is 2.04 bits per heavy atom. The molecule has 8 heteroatoms. The first-order valence-electron chi connectivity index (χ1n) is 8.66. The van der Waals surface area contributed by atoms with Crippen molar-refractivity contribution in [3.63, 3.8) is 0 Å². The third-order valence-corrected chi connectivity index (χ3v) is 5.12. The van der Waals surface area contributed by atoms with Crippen LogP contribution >= 0.6 is 11.8 Å². The van der Waals surface area contributed by atoms with Crippen LogP contribution in [0.4, 0.5) is 11.4 Å². The van der Waals surface area contributed by atoms with Crippen LogP contribution in [0.2, 0.25) is 0 Å². The van der Waals surface area contributed by atoms with Crippen molar-refractivity contribution in [3.8, 4) is 5.75 Å². The summed E-state index contributed by atoms with van der Waals surface area (Å²) in [5, 5.41) is 14.3. The maximum atomic E-state index is 12.3. The van der Waals surface area contributed by atoms with Gasteiger partial charge in [0, 0.05) is 17.2 Å². The molecule has 0 atom stereocenters. The normalized spacial score (nSPS) is 16.5. The van der Waals surface area contributed by atoms with Gasteiger partial charge in [0.1, 0.15) is 5.75 Å². The van der Waals surface area contributed by atoms with Gasteiger partial charge in [0.25, 0.3) is 11.6 Å². The van der Waals surface area contributed by atoms with Crippen molar-refractivity contribution in [2.45, 2.75) is 20.8 Å². The predicted octanol–water partition coefficient (Wildman–Crippen LogP) is 4.50. The van der Waals surface area contributed by atoms with E-state index < -0.39 is 4.92 Å². The van der Waals surface area contributed by atoms with Gasteiger partial charge in [-0.25, -0.2) is 4.99 Å². The van der Waals surface area contributed by atoms with Gasteiger partial charge in [0.2, 0.25) is 0 Å². The van der Waals surface area contributed by atoms with Crippen LogP contribution in [0.1, 0.15) is 23.6 Å². The molecule has 0 aromatic heterocycles. The Balaban J connectivity index is 1.90. The zero-order valence-corrected chi connectivity index (χ0v) is 16.5. The van der Waals surface area contributed by atoms with Gasteiger partial charge < -0.3 is 10.1 Å². The van der Waals surface area contributed by atoms with Gasteiger partial charge in [0.05, 0.1) is 22.1 Å². The number of amides is 1. The van der Waals surface area contributed by atoms with Crippen LogP contribution < -0.4 is 10.1 Å². The van der Waals surface area contributed by atoms with Gasteiger partial charge in [-0.3, -0.25) is 14.9 Å². The minimum Gasteiger partial charge on any atom is -0.493 e. The third-order valence-electron chi connectivity index (χ3n) is 4.21. The van der Waals surface area contributed by atoms with E-state index in [0.29, 0.717) is 33.7 Å². The number of amidine groups is 1. The quantitative estimate of drug-likeness (QED) is 0.455. The van der Waals surface area contributed by atoms with Crippen LogP contribution in [0.3, 0.4) is 0 Å². The number of hydrogen-bond acceptors (Lipinski definition) is 6. The number of nitro benzene ring substituents is 1. The largest absolute Gasteiger partial charge is 0.493 e. The molecule has 1 saturated heterocycles. The highest BCUT2D eigenvalue weighted by atomic mass is 32.2. The Morgan fingerprint density at radius 3 is 2.75 bits per heavy atom. The minimum atomic E-state index is -0.428. The Morgan fingerprint density at radius 1 is 1.29 bits per heavy atom. The standard InChI is InChI=1S/C20H19N3O4S/c1-4-27-17-8-6-5-7-14(17)10-18-19(24)22-20(28-18)21-15-9-12(2)13(3)16(11-15)23(25)26/h5-11H,4H2,1-3H3,(H,21,22,24)/b18-10-. The molecule has 1 amide bonds. The van der Waals surface area contributed by atoms with Crippen LogP contribution in [0, 0.1) is 24.0 Å². The molecule has 0 aliphatic carbocycles. The van der Waals surface area contributed by atoms with Crippen LogP contribution in [-0.4, -0.2) is 22.6 Å². The topological polar surface area (TPSA) is 93.8 Å². The second-order valence-electron chi connectivity index (χ2n) is 6.12. The van der Waals surface area contributed by atoms with Gasteiger partial charge in [-0.1, -0.05) is 18.2 Å². The Bertz CT molecular complexity index is 1010. The number of carbonyl (C=O) groups excluding carboxylic acids is 1. The monoisotopic (exact) mass is 397 g/mol. The van der Waals surface area contributed by atoms with E-state index in [9.17, 15) is 14.9 Å². The summed E-state index contributed by atoms with van der Waals surface area (Å²) in [5.74, 6) is 0.425. The number of thioether (sulfide) groups is 1. The zero-order chi connectivity index (χ0) is 20.3. The number of rotatable bonds is 5. The molecule has 0 bridgehead atoms. The van der Waals surface area contributed by atoms with E-state index in [1.807, 2.05) is 31.2 Å². The molecule has 1 aliphatic heterocycles. The first kappa shape index (κ1) is 19.6. The van der Waals surface area contributed by atoms with Gasteiger partial charge >= 0.3 is 0 Å². The molecular formula is C20H19N3O4S. The fourth-order valence-corrected chi connectivity index (χ4v) is 3.53. The molecule has 0 radical (unpaired) electrons. The Hall–Kier alpha value is -3.13. The van der Waals surface area contributed by atoms with Crippen molar-refractivity contribution in [1.29, 1.82) is 0 Å². The van der Waals surface area contributed by atoms with Crippen molar-refractivity contribution in [1.82, 2.24) is 5.32 Å². The number of benzene rings is 2. The molecule has 1 aliphatic rings. The molecule has 0 saturated carbocycles. The van der Waals surface area contributed by atoms with E-state index >= 15 is 0 Å². The zero-order valence-electron chi connectivity index (χ0n) is 15.7. The summed E-state index contributed by atoms with van der Waals surface area (Å²) in [4.78, 5) is 28.0. The van der Waals surface area contributed by atoms with Crippen LogP contribution in [0.15, 0.2) is 46.3 Å². The second-order valence-corrected chi connectivity index (χ2v) is 7.15. The summed E-state index contributed by atoms with van der Waals surface area (Å²) in [6.45, 7) is 5.92. The first-order valence-corrected chi connectivity index (χ1v) is 9.47. The van der Waals surface area contributed by atoms with Crippen molar-refractivity contribution in [2.75, 3.05) is 6.61 Å². The molecule has 7 nitrogen and oxygen atoms in total. The van der Waals surface area contributed by atoms with Crippen LogP contribution in [0.5, 0.6) is 5.75 Å². The second kappa shape index (κ2) is 8.26. The Kier molecular flexibility index (Phi) is 5.79. The molecule has 1 heterocycles. The number of carbonyl (C=O) groups is 1. The highest BCUT2D eigenvalue weighted by molar-refractivity contribution is 8.18. The van der Waals surface area contributed by atoms with E-state index in [-0.39, 0.29) is 11.6 Å². The average molecular weight is 397 g/mol. The number of ether oxygens (including phenoxy) is 1. The van der Waals surface area contributed by atoms with Gasteiger partial charge in [0.15, 0.2) is 5.17 Å². The summed E-state index contributed by atoms with van der Waals surface area (Å²) in [6.07, 6.45) is 1.75. The lowest BCUT2D eigenvalue weighted by Crippen LogP contribution is -2.19. The molecule has 0 spiro atoms. The number of nitro groups is 1. The van der Waals surface area contributed by atoms with E-state index in [2.05, 4.69) is 10.3 Å². The summed E-state index contributed by atoms with van der Waals surface area (Å²) in [7, 11) is 0. The number of nitrogens with zero attached hydrogens (tertiary/aromatic N) is 2. The number of aliphatic imine (C=N–C) groups is 1. The van der Waals surface area contributed by atoms with E-state index in [1.165, 1.54) is 17.8 Å². The summed E-state index contributed by atoms with van der Waals surface area (Å²) < 4.78 is 5.59. The molecule has 2 aromatic rings. The maximum absolute atomic E-state index is 12.3. The van der Waals surface area contributed by atoms with Gasteiger partial charge in [-0.15, -0.1) is 0 Å². The molecule has 2 aromatic carbocycles. The highest BCUT2D eigenvalue weighted by Gasteiger charge is 2.25. The van der Waals surface area contributed by atoms with E-state index in [4.69, 9.17) is 4.74 Å². The third kappa shape index (κ3) is 4.23. The lowest BCUT2D eigenvalue weighted by molar-refractivity contribution is -0.385. The van der Waals surface area contributed by atoms with Crippen molar-refractivity contribution < 1.29 is 14.5 Å². The van der Waals surface area contributed by atoms with Crippen LogP contribution in [0.25, 0.3) is 6.08 Å². The first-order chi connectivity index (χ1) is 13.4. The Labute approximate surface area is 166 Å². The number of para-hydroxylation sites is 1. The summed E-state index contributed by atoms with van der Waals surface area (Å²) >= 11 is 1.18. The highest BCUT2D eigenvalue weighted by Crippen LogP contribution is 2.32. The molecule has 1 N–H and O–H groups in total. The van der Waals surface area contributed by atoms with Gasteiger partial charge in [-0.2, -0.15) is 0 Å². The molecular weight excluding hydrogens is 378 g/mol.